The van der Waals surface area contributed by atoms with E-state index < -0.39 is 0 Å². The molecule has 1 aliphatic rings. The van der Waals surface area contributed by atoms with Gasteiger partial charge in [-0.2, -0.15) is 5.10 Å². The predicted molar refractivity (Wildman–Crippen MR) is 85.4 cm³/mol. The Labute approximate surface area is 127 Å². The summed E-state index contributed by atoms with van der Waals surface area (Å²) in [5, 5.41) is 7.86. The van der Waals surface area contributed by atoms with E-state index in [-0.39, 0.29) is 11.9 Å². The number of carbonyl (C=O) groups excluding carboxylic acids is 1. The lowest BCUT2D eigenvalue weighted by Crippen LogP contribution is -2.35. The van der Waals surface area contributed by atoms with Crippen LogP contribution >= 0.6 is 0 Å². The van der Waals surface area contributed by atoms with Crippen LogP contribution in [0.1, 0.15) is 50.4 Å². The number of hydrogen-bond donors (Lipinski definition) is 1. The van der Waals surface area contributed by atoms with Crippen molar-refractivity contribution in [1.82, 2.24) is 14.7 Å². The van der Waals surface area contributed by atoms with Gasteiger partial charge in [-0.05, 0) is 33.6 Å². The molecule has 1 aromatic rings. The number of anilines is 1. The number of carbonyl (C=O) groups is 1. The number of amides is 1. The number of rotatable bonds is 4. The third-order valence-corrected chi connectivity index (χ3v) is 4.34. The maximum atomic E-state index is 12.4. The van der Waals surface area contributed by atoms with E-state index in [2.05, 4.69) is 17.3 Å². The Morgan fingerprint density at radius 1 is 1.24 bits per heavy atom. The summed E-state index contributed by atoms with van der Waals surface area (Å²) in [4.78, 5) is 14.4. The van der Waals surface area contributed by atoms with Gasteiger partial charge in [0.25, 0.3) is 0 Å². The van der Waals surface area contributed by atoms with Gasteiger partial charge in [0.15, 0.2) is 0 Å². The first-order valence-corrected chi connectivity index (χ1v) is 8.03. The van der Waals surface area contributed by atoms with Gasteiger partial charge in [0.05, 0.1) is 17.1 Å². The topological polar surface area (TPSA) is 50.2 Å². The van der Waals surface area contributed by atoms with Gasteiger partial charge < -0.3 is 10.2 Å². The van der Waals surface area contributed by atoms with Crippen molar-refractivity contribution in [1.29, 1.82) is 0 Å². The fourth-order valence-corrected chi connectivity index (χ4v) is 2.99. The molecule has 1 aromatic heterocycles. The molecule has 1 unspecified atom stereocenters. The molecular weight excluding hydrogens is 264 g/mol. The van der Waals surface area contributed by atoms with Crippen LogP contribution in [-0.4, -0.2) is 39.7 Å². The molecule has 21 heavy (non-hydrogen) atoms. The summed E-state index contributed by atoms with van der Waals surface area (Å²) in [5.74, 6) is 0.274. The molecule has 1 aliphatic heterocycles. The number of nitrogens with one attached hydrogen (secondary N) is 1. The highest BCUT2D eigenvalue weighted by Gasteiger charge is 2.19. The summed E-state index contributed by atoms with van der Waals surface area (Å²) >= 11 is 0. The first-order chi connectivity index (χ1) is 9.99. The molecule has 2 rings (SSSR count). The summed E-state index contributed by atoms with van der Waals surface area (Å²) in [5.41, 5.74) is 3.17. The molecule has 118 valence electrons. The average Bonchev–Trinajstić information content (AvgIpc) is 2.68. The molecule has 0 spiro atoms. The molecule has 0 aliphatic carbocycles. The number of aryl methyl sites for hydroxylation is 2. The zero-order chi connectivity index (χ0) is 15.4. The minimum absolute atomic E-state index is 0.127. The smallest absolute Gasteiger partial charge is 0.224 e. The second-order valence-corrected chi connectivity index (χ2v) is 6.21. The summed E-state index contributed by atoms with van der Waals surface area (Å²) < 4.78 is 1.88. The van der Waals surface area contributed by atoms with Crippen LogP contribution in [0.15, 0.2) is 0 Å². The highest BCUT2D eigenvalue weighted by Crippen LogP contribution is 2.20. The fraction of sp³-hybridized carbons (Fsp3) is 0.750. The van der Waals surface area contributed by atoms with E-state index in [0.717, 1.165) is 43.0 Å². The molecule has 5 nitrogen and oxygen atoms in total. The maximum absolute atomic E-state index is 12.4. The quantitative estimate of drug-likeness (QED) is 0.928. The van der Waals surface area contributed by atoms with Gasteiger partial charge >= 0.3 is 0 Å². The largest absolute Gasteiger partial charge is 0.379 e. The van der Waals surface area contributed by atoms with Crippen molar-refractivity contribution in [3.63, 3.8) is 0 Å². The highest BCUT2D eigenvalue weighted by atomic mass is 16.2. The van der Waals surface area contributed by atoms with E-state index in [1.807, 2.05) is 30.5 Å². The van der Waals surface area contributed by atoms with Crippen LogP contribution in [0.5, 0.6) is 0 Å². The average molecular weight is 292 g/mol. The van der Waals surface area contributed by atoms with Crippen LogP contribution in [0, 0.1) is 13.8 Å². The highest BCUT2D eigenvalue weighted by molar-refractivity contribution is 5.77. The minimum atomic E-state index is 0.127. The second kappa shape index (κ2) is 6.96. The SMILES string of the molecule is Cc1nn(C)c(C)c1NC(C)CC(=O)N1CCCCCC1. The third kappa shape index (κ3) is 3.99. The Morgan fingerprint density at radius 3 is 2.38 bits per heavy atom. The van der Waals surface area contributed by atoms with Crippen molar-refractivity contribution in [2.75, 3.05) is 18.4 Å². The second-order valence-electron chi connectivity index (χ2n) is 6.21. The van der Waals surface area contributed by atoms with Crippen LogP contribution in [0.25, 0.3) is 0 Å². The Morgan fingerprint density at radius 2 is 1.86 bits per heavy atom. The molecular formula is C16H28N4O. The van der Waals surface area contributed by atoms with E-state index in [1.165, 1.54) is 12.8 Å². The van der Waals surface area contributed by atoms with Gasteiger partial charge in [-0.3, -0.25) is 9.48 Å². The molecule has 0 radical (unpaired) electrons. The van der Waals surface area contributed by atoms with Crippen LogP contribution in [0.4, 0.5) is 5.69 Å². The first kappa shape index (κ1) is 15.9. The molecule has 0 bridgehead atoms. The standard InChI is InChI=1S/C16H28N4O/c1-12(17-16-13(2)18-19(4)14(16)3)11-15(21)20-9-7-5-6-8-10-20/h12,17H,5-11H2,1-4H3. The van der Waals surface area contributed by atoms with Gasteiger partial charge in [-0.15, -0.1) is 0 Å². The van der Waals surface area contributed by atoms with E-state index >= 15 is 0 Å². The van der Waals surface area contributed by atoms with Crippen LogP contribution in [0.3, 0.4) is 0 Å². The Kier molecular flexibility index (Phi) is 5.26. The van der Waals surface area contributed by atoms with Crippen LogP contribution in [0.2, 0.25) is 0 Å². The van der Waals surface area contributed by atoms with Crippen molar-refractivity contribution in [3.05, 3.63) is 11.4 Å². The number of nitrogens with zero attached hydrogens (tertiary/aromatic N) is 3. The number of aromatic nitrogens is 2. The minimum Gasteiger partial charge on any atom is -0.379 e. The van der Waals surface area contributed by atoms with E-state index in [4.69, 9.17) is 0 Å². The van der Waals surface area contributed by atoms with Crippen molar-refractivity contribution < 1.29 is 4.79 Å². The zero-order valence-electron chi connectivity index (χ0n) is 13.8. The molecule has 1 saturated heterocycles. The lowest BCUT2D eigenvalue weighted by molar-refractivity contribution is -0.131. The number of hydrogen-bond acceptors (Lipinski definition) is 3. The molecule has 2 heterocycles. The molecule has 1 fully saturated rings. The summed E-state index contributed by atoms with van der Waals surface area (Å²) in [7, 11) is 1.95. The first-order valence-electron chi connectivity index (χ1n) is 8.03. The summed E-state index contributed by atoms with van der Waals surface area (Å²) in [6.45, 7) is 7.97. The predicted octanol–water partition coefficient (Wildman–Crippen LogP) is 2.63. The van der Waals surface area contributed by atoms with Gasteiger partial charge in [-0.1, -0.05) is 12.8 Å². The summed E-state index contributed by atoms with van der Waals surface area (Å²) in [6.07, 6.45) is 5.35. The molecule has 0 saturated carbocycles. The third-order valence-electron chi connectivity index (χ3n) is 4.34. The normalized spacial score (nSPS) is 17.4. The Hall–Kier alpha value is -1.52. The number of likely N-dealkylation sites (tertiary alicyclic amines) is 1. The molecule has 1 amide bonds. The van der Waals surface area contributed by atoms with E-state index in [9.17, 15) is 4.79 Å². The maximum Gasteiger partial charge on any atom is 0.224 e. The lowest BCUT2D eigenvalue weighted by atomic mass is 10.2. The van der Waals surface area contributed by atoms with Crippen LogP contribution in [-0.2, 0) is 11.8 Å². The van der Waals surface area contributed by atoms with Crippen molar-refractivity contribution >= 4 is 11.6 Å². The lowest BCUT2D eigenvalue weighted by Gasteiger charge is -2.23. The molecule has 1 N–H and O–H groups in total. The zero-order valence-corrected chi connectivity index (χ0v) is 13.8. The Bertz CT molecular complexity index is 487. The van der Waals surface area contributed by atoms with Crippen molar-refractivity contribution in [3.8, 4) is 0 Å². The van der Waals surface area contributed by atoms with Gasteiger partial charge in [0.1, 0.15) is 0 Å². The monoisotopic (exact) mass is 292 g/mol. The van der Waals surface area contributed by atoms with Crippen molar-refractivity contribution in [2.24, 2.45) is 7.05 Å². The molecule has 0 aromatic carbocycles. The van der Waals surface area contributed by atoms with E-state index in [1.54, 1.807) is 0 Å². The van der Waals surface area contributed by atoms with Crippen molar-refractivity contribution in [2.45, 2.75) is 58.9 Å². The molecule has 5 heteroatoms. The molecule has 1 atom stereocenters. The summed E-state index contributed by atoms with van der Waals surface area (Å²) in [6, 6.07) is 0.127. The Balaban J connectivity index is 1.91. The van der Waals surface area contributed by atoms with Gasteiger partial charge in [0.2, 0.25) is 5.91 Å². The van der Waals surface area contributed by atoms with E-state index in [0.29, 0.717) is 6.42 Å². The van der Waals surface area contributed by atoms with Gasteiger partial charge in [0, 0.05) is 32.6 Å². The van der Waals surface area contributed by atoms with Gasteiger partial charge in [-0.25, -0.2) is 0 Å². The van der Waals surface area contributed by atoms with Crippen LogP contribution < -0.4 is 5.32 Å². The fourth-order valence-electron chi connectivity index (χ4n) is 2.99.